The Hall–Kier alpha value is -3.77. The van der Waals surface area contributed by atoms with Crippen LogP contribution in [-0.4, -0.2) is 34.7 Å². The molecule has 0 bridgehead atoms. The molecular weight excluding hydrogens is 450 g/mol. The van der Waals surface area contributed by atoms with E-state index in [4.69, 9.17) is 21.1 Å². The summed E-state index contributed by atoms with van der Waals surface area (Å²) in [6.45, 7) is 2.95. The molecule has 0 fully saturated rings. The molecule has 34 heavy (non-hydrogen) atoms. The molecule has 1 N–H and O–H groups in total. The Labute approximate surface area is 203 Å². The van der Waals surface area contributed by atoms with Gasteiger partial charge in [0.15, 0.2) is 0 Å². The molecule has 1 aliphatic heterocycles. The van der Waals surface area contributed by atoms with Crippen LogP contribution in [0.1, 0.15) is 40.1 Å². The van der Waals surface area contributed by atoms with Gasteiger partial charge in [-0.3, -0.25) is 9.89 Å². The van der Waals surface area contributed by atoms with E-state index in [1.165, 1.54) is 0 Å². The zero-order chi connectivity index (χ0) is 23.7. The molecule has 1 atom stereocenters. The van der Waals surface area contributed by atoms with Crippen LogP contribution in [-0.2, 0) is 6.54 Å². The molecule has 1 aromatic heterocycles. The number of benzene rings is 3. The van der Waals surface area contributed by atoms with E-state index >= 15 is 0 Å². The molecule has 1 unspecified atom stereocenters. The van der Waals surface area contributed by atoms with Crippen LogP contribution in [0.3, 0.4) is 0 Å². The van der Waals surface area contributed by atoms with Crippen molar-refractivity contribution in [2.45, 2.75) is 19.5 Å². The van der Waals surface area contributed by atoms with Gasteiger partial charge < -0.3 is 14.4 Å². The highest BCUT2D eigenvalue weighted by Gasteiger charge is 2.42. The zero-order valence-electron chi connectivity index (χ0n) is 18.9. The van der Waals surface area contributed by atoms with Gasteiger partial charge in [-0.1, -0.05) is 35.9 Å². The van der Waals surface area contributed by atoms with Gasteiger partial charge in [0.25, 0.3) is 5.91 Å². The van der Waals surface area contributed by atoms with Gasteiger partial charge in [0.2, 0.25) is 0 Å². The number of nitrogens with zero attached hydrogens (tertiary/aromatic N) is 2. The number of carbonyl (C=O) groups excluding carboxylic acids is 1. The largest absolute Gasteiger partial charge is 0.497 e. The van der Waals surface area contributed by atoms with Gasteiger partial charge in [-0.2, -0.15) is 5.10 Å². The fourth-order valence-corrected chi connectivity index (χ4v) is 4.53. The third kappa shape index (κ3) is 4.01. The molecule has 2 heterocycles. The molecule has 1 amide bonds. The van der Waals surface area contributed by atoms with Crippen LogP contribution < -0.4 is 9.47 Å². The quantitative estimate of drug-likeness (QED) is 0.364. The Kier molecular flexibility index (Phi) is 5.99. The average molecular weight is 474 g/mol. The first-order valence-corrected chi connectivity index (χ1v) is 11.5. The maximum absolute atomic E-state index is 13.6. The number of methoxy groups -OCH3 is 1. The molecule has 0 saturated heterocycles. The smallest absolute Gasteiger partial charge is 0.273 e. The zero-order valence-corrected chi connectivity index (χ0v) is 19.7. The van der Waals surface area contributed by atoms with Gasteiger partial charge >= 0.3 is 0 Å². The molecule has 5 rings (SSSR count). The second kappa shape index (κ2) is 9.23. The number of hydrogen-bond acceptors (Lipinski definition) is 4. The highest BCUT2D eigenvalue weighted by Crippen LogP contribution is 2.44. The monoisotopic (exact) mass is 473 g/mol. The first-order valence-electron chi connectivity index (χ1n) is 11.1. The molecule has 6 nitrogen and oxygen atoms in total. The second-order valence-corrected chi connectivity index (χ2v) is 8.49. The number of halogens is 1. The van der Waals surface area contributed by atoms with Crippen LogP contribution in [0.5, 0.6) is 11.5 Å². The molecular formula is C27H24ClN3O3. The van der Waals surface area contributed by atoms with Crippen LogP contribution in [0.25, 0.3) is 11.3 Å². The summed E-state index contributed by atoms with van der Waals surface area (Å²) >= 11 is 6.08. The van der Waals surface area contributed by atoms with E-state index in [1.54, 1.807) is 7.11 Å². The summed E-state index contributed by atoms with van der Waals surface area (Å²) in [6, 6.07) is 22.8. The standard InChI is InChI=1S/C27H24ClN3O3/c1-3-34-22-6-4-5-19(15-22)26-23-24(18-9-13-21(33-2)14-10-18)29-30-25(23)27(32)31(26)16-17-7-11-20(28)12-8-17/h4-15,26H,3,16H2,1-2H3,(H,29,30). The molecule has 7 heteroatoms. The number of aromatic amines is 1. The van der Waals surface area contributed by atoms with Crippen molar-refractivity contribution in [1.82, 2.24) is 15.1 Å². The number of rotatable bonds is 7. The lowest BCUT2D eigenvalue weighted by molar-refractivity contribution is 0.0730. The summed E-state index contributed by atoms with van der Waals surface area (Å²) in [5.41, 5.74) is 4.97. The van der Waals surface area contributed by atoms with Crippen LogP contribution in [0.2, 0.25) is 5.02 Å². The highest BCUT2D eigenvalue weighted by atomic mass is 35.5. The van der Waals surface area contributed by atoms with Crippen LogP contribution in [0.4, 0.5) is 0 Å². The summed E-state index contributed by atoms with van der Waals surface area (Å²) in [4.78, 5) is 15.5. The van der Waals surface area contributed by atoms with E-state index in [-0.39, 0.29) is 11.9 Å². The summed E-state index contributed by atoms with van der Waals surface area (Å²) < 4.78 is 11.1. The second-order valence-electron chi connectivity index (χ2n) is 8.06. The first-order chi connectivity index (χ1) is 16.6. The van der Waals surface area contributed by atoms with E-state index in [2.05, 4.69) is 10.2 Å². The molecule has 172 valence electrons. The average Bonchev–Trinajstić information content (AvgIpc) is 3.40. The fourth-order valence-electron chi connectivity index (χ4n) is 4.40. The van der Waals surface area contributed by atoms with Gasteiger partial charge in [0.05, 0.1) is 25.5 Å². The molecule has 0 aliphatic carbocycles. The van der Waals surface area contributed by atoms with Crippen LogP contribution >= 0.6 is 11.6 Å². The maximum Gasteiger partial charge on any atom is 0.273 e. The lowest BCUT2D eigenvalue weighted by Crippen LogP contribution is -2.29. The summed E-state index contributed by atoms with van der Waals surface area (Å²) in [5.74, 6) is 1.43. The van der Waals surface area contributed by atoms with E-state index in [0.29, 0.717) is 23.9 Å². The van der Waals surface area contributed by atoms with Gasteiger partial charge in [0.1, 0.15) is 17.2 Å². The molecule has 1 aliphatic rings. The van der Waals surface area contributed by atoms with Gasteiger partial charge in [-0.05, 0) is 66.6 Å². The maximum atomic E-state index is 13.6. The summed E-state index contributed by atoms with van der Waals surface area (Å²) in [6.07, 6.45) is 0. The number of H-pyrrole nitrogens is 1. The topological polar surface area (TPSA) is 67.5 Å². The van der Waals surface area contributed by atoms with Crippen molar-refractivity contribution >= 4 is 17.5 Å². The van der Waals surface area contributed by atoms with Crippen molar-refractivity contribution in [2.75, 3.05) is 13.7 Å². The van der Waals surface area contributed by atoms with Crippen molar-refractivity contribution < 1.29 is 14.3 Å². The van der Waals surface area contributed by atoms with Crippen molar-refractivity contribution in [3.63, 3.8) is 0 Å². The molecule has 0 saturated carbocycles. The van der Waals surface area contributed by atoms with Crippen LogP contribution in [0.15, 0.2) is 72.8 Å². The summed E-state index contributed by atoms with van der Waals surface area (Å²) in [5, 5.41) is 8.20. The predicted octanol–water partition coefficient (Wildman–Crippen LogP) is 5.88. The normalized spacial score (nSPS) is 14.9. The van der Waals surface area contributed by atoms with Crippen LogP contribution in [0, 0.1) is 0 Å². The van der Waals surface area contributed by atoms with Crippen molar-refractivity contribution in [2.24, 2.45) is 0 Å². The van der Waals surface area contributed by atoms with E-state index < -0.39 is 0 Å². The SMILES string of the molecule is CCOc1cccc(C2c3c(-c4ccc(OC)cc4)n[nH]c3C(=O)N2Cc2ccc(Cl)cc2)c1. The Morgan fingerprint density at radius 3 is 2.50 bits per heavy atom. The van der Waals surface area contributed by atoms with E-state index in [1.807, 2.05) is 84.6 Å². The lowest BCUT2D eigenvalue weighted by atomic mass is 9.95. The molecule has 3 aromatic carbocycles. The molecule has 4 aromatic rings. The Balaban J connectivity index is 1.62. The van der Waals surface area contributed by atoms with Crippen molar-refractivity contribution in [3.8, 4) is 22.8 Å². The minimum absolute atomic E-state index is 0.0935. The lowest BCUT2D eigenvalue weighted by Gasteiger charge is -2.27. The Morgan fingerprint density at radius 2 is 1.79 bits per heavy atom. The molecule has 0 radical (unpaired) electrons. The number of amides is 1. The van der Waals surface area contributed by atoms with E-state index in [0.717, 1.165) is 39.4 Å². The van der Waals surface area contributed by atoms with Gasteiger partial charge in [-0.15, -0.1) is 0 Å². The number of ether oxygens (including phenoxy) is 2. The number of nitrogens with one attached hydrogen (secondary N) is 1. The third-order valence-electron chi connectivity index (χ3n) is 5.98. The minimum atomic E-state index is -0.325. The molecule has 0 spiro atoms. The Morgan fingerprint density at radius 1 is 1.03 bits per heavy atom. The fraction of sp³-hybridized carbons (Fsp3) is 0.185. The first kappa shape index (κ1) is 22.0. The van der Waals surface area contributed by atoms with Gasteiger partial charge in [-0.25, -0.2) is 0 Å². The van der Waals surface area contributed by atoms with Crippen molar-refractivity contribution in [3.05, 3.63) is 100 Å². The van der Waals surface area contributed by atoms with E-state index in [9.17, 15) is 4.79 Å². The number of fused-ring (bicyclic) bond motifs is 1. The third-order valence-corrected chi connectivity index (χ3v) is 6.23. The number of aromatic nitrogens is 2. The number of carbonyl (C=O) groups is 1. The van der Waals surface area contributed by atoms with Gasteiger partial charge in [0, 0.05) is 22.7 Å². The summed E-state index contributed by atoms with van der Waals surface area (Å²) in [7, 11) is 1.63. The predicted molar refractivity (Wildman–Crippen MR) is 131 cm³/mol. The highest BCUT2D eigenvalue weighted by molar-refractivity contribution is 6.30. The van der Waals surface area contributed by atoms with Crippen molar-refractivity contribution in [1.29, 1.82) is 0 Å². The number of hydrogen-bond donors (Lipinski definition) is 1. The Bertz CT molecular complexity index is 1320. The minimum Gasteiger partial charge on any atom is -0.497 e.